The third kappa shape index (κ3) is 1.34. The van der Waals surface area contributed by atoms with Gasteiger partial charge in [0.2, 0.25) is 0 Å². The Balaban J connectivity index is 2.76. The standard InChI is InChI=1S/C8H9BrN4/c1-13-8-6(7(9)12-13)2-5(3-10)4-11-8/h2,4H,3,10H2,1H3. The van der Waals surface area contributed by atoms with E-state index in [1.165, 1.54) is 0 Å². The number of rotatable bonds is 1. The van der Waals surface area contributed by atoms with Gasteiger partial charge in [-0.1, -0.05) is 0 Å². The van der Waals surface area contributed by atoms with E-state index in [0.29, 0.717) is 6.54 Å². The van der Waals surface area contributed by atoms with Gasteiger partial charge in [-0.15, -0.1) is 0 Å². The van der Waals surface area contributed by atoms with Gasteiger partial charge in [-0.2, -0.15) is 5.10 Å². The van der Waals surface area contributed by atoms with Gasteiger partial charge in [0.25, 0.3) is 0 Å². The summed E-state index contributed by atoms with van der Waals surface area (Å²) in [6, 6.07) is 2.00. The first kappa shape index (κ1) is 8.65. The zero-order valence-electron chi connectivity index (χ0n) is 7.16. The molecule has 0 aliphatic heterocycles. The van der Waals surface area contributed by atoms with Crippen LogP contribution in [0.25, 0.3) is 11.0 Å². The minimum absolute atomic E-state index is 0.504. The van der Waals surface area contributed by atoms with E-state index in [2.05, 4.69) is 26.0 Å². The number of hydrogen-bond donors (Lipinski definition) is 1. The Labute approximate surface area is 83.9 Å². The topological polar surface area (TPSA) is 56.7 Å². The van der Waals surface area contributed by atoms with E-state index in [4.69, 9.17) is 5.73 Å². The molecule has 0 aromatic carbocycles. The van der Waals surface area contributed by atoms with E-state index in [0.717, 1.165) is 21.2 Å². The molecule has 0 bridgehead atoms. The second-order valence-corrected chi connectivity index (χ2v) is 3.58. The number of nitrogens with two attached hydrogens (primary N) is 1. The van der Waals surface area contributed by atoms with Crippen molar-refractivity contribution in [1.29, 1.82) is 0 Å². The Morgan fingerprint density at radius 3 is 3.08 bits per heavy atom. The van der Waals surface area contributed by atoms with Gasteiger partial charge in [-0.3, -0.25) is 0 Å². The van der Waals surface area contributed by atoms with E-state index >= 15 is 0 Å². The Morgan fingerprint density at radius 1 is 1.62 bits per heavy atom. The fourth-order valence-corrected chi connectivity index (χ4v) is 1.78. The summed E-state index contributed by atoms with van der Waals surface area (Å²) >= 11 is 3.37. The number of aryl methyl sites for hydroxylation is 1. The van der Waals surface area contributed by atoms with Gasteiger partial charge in [-0.25, -0.2) is 9.67 Å². The first-order valence-corrected chi connectivity index (χ1v) is 4.69. The summed E-state index contributed by atoms with van der Waals surface area (Å²) in [4.78, 5) is 4.26. The normalized spacial score (nSPS) is 11.0. The molecule has 0 atom stereocenters. The van der Waals surface area contributed by atoms with Crippen molar-refractivity contribution in [3.63, 3.8) is 0 Å². The number of fused-ring (bicyclic) bond motifs is 1. The highest BCUT2D eigenvalue weighted by atomic mass is 79.9. The van der Waals surface area contributed by atoms with E-state index in [1.54, 1.807) is 10.9 Å². The summed E-state index contributed by atoms with van der Waals surface area (Å²) in [6.07, 6.45) is 1.77. The van der Waals surface area contributed by atoms with Crippen LogP contribution in [-0.4, -0.2) is 14.8 Å². The first-order chi connectivity index (χ1) is 6.22. The molecule has 0 saturated heterocycles. The molecular formula is C8H9BrN4. The fourth-order valence-electron chi connectivity index (χ4n) is 1.26. The van der Waals surface area contributed by atoms with Gasteiger partial charge < -0.3 is 5.73 Å². The zero-order valence-corrected chi connectivity index (χ0v) is 8.74. The van der Waals surface area contributed by atoms with Crippen molar-refractivity contribution in [3.8, 4) is 0 Å². The minimum Gasteiger partial charge on any atom is -0.326 e. The van der Waals surface area contributed by atoms with Gasteiger partial charge in [0.05, 0.1) is 5.39 Å². The average Bonchev–Trinajstić information content (AvgIpc) is 2.42. The van der Waals surface area contributed by atoms with Crippen LogP contribution in [0, 0.1) is 0 Å². The van der Waals surface area contributed by atoms with Gasteiger partial charge in [0.1, 0.15) is 4.60 Å². The van der Waals surface area contributed by atoms with Crippen LogP contribution in [0.3, 0.4) is 0 Å². The summed E-state index contributed by atoms with van der Waals surface area (Å²) in [6.45, 7) is 0.504. The molecule has 5 heteroatoms. The highest BCUT2D eigenvalue weighted by Gasteiger charge is 2.06. The van der Waals surface area contributed by atoms with Crippen LogP contribution in [0.15, 0.2) is 16.9 Å². The van der Waals surface area contributed by atoms with Crippen LogP contribution in [0.5, 0.6) is 0 Å². The molecule has 68 valence electrons. The van der Waals surface area contributed by atoms with Crippen molar-refractivity contribution >= 4 is 27.0 Å². The molecule has 2 heterocycles. The van der Waals surface area contributed by atoms with Crippen molar-refractivity contribution in [1.82, 2.24) is 14.8 Å². The molecule has 4 nitrogen and oxygen atoms in total. The lowest BCUT2D eigenvalue weighted by Crippen LogP contribution is -1.97. The lowest BCUT2D eigenvalue weighted by atomic mass is 10.2. The second kappa shape index (κ2) is 3.08. The highest BCUT2D eigenvalue weighted by molar-refractivity contribution is 9.10. The third-order valence-electron chi connectivity index (χ3n) is 1.93. The van der Waals surface area contributed by atoms with Crippen molar-refractivity contribution < 1.29 is 0 Å². The maximum atomic E-state index is 5.52. The lowest BCUT2D eigenvalue weighted by molar-refractivity contribution is 0.778. The molecule has 2 aromatic rings. The molecule has 0 aliphatic carbocycles. The summed E-state index contributed by atoms with van der Waals surface area (Å²) in [5, 5.41) is 5.20. The second-order valence-electron chi connectivity index (χ2n) is 2.83. The highest BCUT2D eigenvalue weighted by Crippen LogP contribution is 2.21. The Hall–Kier alpha value is -0.940. The Bertz CT molecular complexity index is 449. The van der Waals surface area contributed by atoms with E-state index in [-0.39, 0.29) is 0 Å². The van der Waals surface area contributed by atoms with E-state index < -0.39 is 0 Å². The quantitative estimate of drug-likeness (QED) is 0.815. The summed E-state index contributed by atoms with van der Waals surface area (Å²) in [5.74, 6) is 0. The molecular weight excluding hydrogens is 232 g/mol. The van der Waals surface area contributed by atoms with Crippen LogP contribution < -0.4 is 5.73 Å². The maximum Gasteiger partial charge on any atom is 0.158 e. The number of nitrogens with zero attached hydrogens (tertiary/aromatic N) is 3. The van der Waals surface area contributed by atoms with Crippen LogP contribution >= 0.6 is 15.9 Å². The Kier molecular flexibility index (Phi) is 2.05. The molecule has 0 saturated carbocycles. The molecule has 0 unspecified atom stereocenters. The zero-order chi connectivity index (χ0) is 9.42. The molecule has 0 fully saturated rings. The van der Waals surface area contributed by atoms with Crippen LogP contribution in [0.4, 0.5) is 0 Å². The monoisotopic (exact) mass is 240 g/mol. The smallest absolute Gasteiger partial charge is 0.158 e. The average molecular weight is 241 g/mol. The molecule has 0 radical (unpaired) electrons. The summed E-state index contributed by atoms with van der Waals surface area (Å²) in [7, 11) is 1.86. The van der Waals surface area contributed by atoms with E-state index in [1.807, 2.05) is 13.1 Å². The van der Waals surface area contributed by atoms with Crippen molar-refractivity contribution in [2.24, 2.45) is 12.8 Å². The SMILES string of the molecule is Cn1nc(Br)c2cc(CN)cnc21. The molecule has 0 spiro atoms. The van der Waals surface area contributed by atoms with Gasteiger partial charge in [0, 0.05) is 19.8 Å². The van der Waals surface area contributed by atoms with Gasteiger partial charge in [-0.05, 0) is 27.6 Å². The van der Waals surface area contributed by atoms with Crippen LogP contribution in [0.1, 0.15) is 5.56 Å². The predicted octanol–water partition coefficient (Wildman–Crippen LogP) is 1.19. The third-order valence-corrected chi connectivity index (χ3v) is 2.51. The minimum atomic E-state index is 0.504. The Morgan fingerprint density at radius 2 is 2.38 bits per heavy atom. The summed E-state index contributed by atoms with van der Waals surface area (Å²) in [5.41, 5.74) is 7.40. The number of aromatic nitrogens is 3. The van der Waals surface area contributed by atoms with Crippen LogP contribution in [0.2, 0.25) is 0 Å². The molecule has 2 N–H and O–H groups in total. The predicted molar refractivity (Wildman–Crippen MR) is 54.1 cm³/mol. The molecule has 0 amide bonds. The van der Waals surface area contributed by atoms with Crippen LogP contribution in [-0.2, 0) is 13.6 Å². The molecule has 0 aliphatic rings. The lowest BCUT2D eigenvalue weighted by Gasteiger charge is -1.96. The van der Waals surface area contributed by atoms with Crippen molar-refractivity contribution in [2.45, 2.75) is 6.54 Å². The fraction of sp³-hybridized carbons (Fsp3) is 0.250. The first-order valence-electron chi connectivity index (χ1n) is 3.89. The number of halogens is 1. The molecule has 2 aromatic heterocycles. The largest absolute Gasteiger partial charge is 0.326 e. The van der Waals surface area contributed by atoms with Crippen molar-refractivity contribution in [2.75, 3.05) is 0 Å². The van der Waals surface area contributed by atoms with Gasteiger partial charge in [0.15, 0.2) is 5.65 Å². The maximum absolute atomic E-state index is 5.52. The number of hydrogen-bond acceptors (Lipinski definition) is 3. The number of pyridine rings is 1. The van der Waals surface area contributed by atoms with Crippen molar-refractivity contribution in [3.05, 3.63) is 22.4 Å². The molecule has 13 heavy (non-hydrogen) atoms. The van der Waals surface area contributed by atoms with E-state index in [9.17, 15) is 0 Å². The molecule has 2 rings (SSSR count). The van der Waals surface area contributed by atoms with Gasteiger partial charge >= 0.3 is 0 Å². The summed E-state index contributed by atoms with van der Waals surface area (Å²) < 4.78 is 2.55.